The highest BCUT2D eigenvalue weighted by Gasteiger charge is 1.87. The summed E-state index contributed by atoms with van der Waals surface area (Å²) in [5, 5.41) is 8.10. The Balaban J connectivity index is 3.03. The maximum atomic E-state index is 8.27. The molecule has 0 aliphatic rings. The van der Waals surface area contributed by atoms with Crippen LogP contribution in [-0.4, -0.2) is 16.6 Å². The Morgan fingerprint density at radius 1 is 1.75 bits per heavy atom. The van der Waals surface area contributed by atoms with Gasteiger partial charge in [0, 0.05) is 0 Å². The lowest BCUT2D eigenvalue weighted by molar-refractivity contribution is 0.337. The van der Waals surface area contributed by atoms with Crippen molar-refractivity contribution in [1.29, 1.82) is 0 Å². The van der Waals surface area contributed by atoms with E-state index in [9.17, 15) is 0 Å². The summed E-state index contributed by atoms with van der Waals surface area (Å²) in [5.41, 5.74) is 4.80. The minimum absolute atomic E-state index is 0.108. The molecule has 0 heterocycles. The van der Waals surface area contributed by atoms with E-state index in [0.717, 1.165) is 6.26 Å². The van der Waals surface area contributed by atoms with E-state index in [-0.39, 0.29) is 6.61 Å². The lowest BCUT2D eigenvalue weighted by Gasteiger charge is -1.97. The van der Waals surface area contributed by atoms with Crippen molar-refractivity contribution in [3.63, 3.8) is 0 Å². The van der Waals surface area contributed by atoms with Gasteiger partial charge in [-0.05, 0) is 6.08 Å². The van der Waals surface area contributed by atoms with Crippen molar-refractivity contribution in [2.75, 3.05) is 6.61 Å². The minimum Gasteiger partial charge on any atom is -0.444 e. The van der Waals surface area contributed by atoms with Crippen LogP contribution in [0.15, 0.2) is 12.3 Å². The van der Waals surface area contributed by atoms with Crippen LogP contribution < -0.4 is 5.50 Å². The number of aliphatic hydroxyl groups is 1. The van der Waals surface area contributed by atoms with Crippen LogP contribution >= 0.6 is 8.53 Å². The fourth-order valence-corrected chi connectivity index (χ4v) is 0.359. The highest BCUT2D eigenvalue weighted by Crippen LogP contribution is 2.18. The second-order valence-corrected chi connectivity index (χ2v) is 1.78. The Morgan fingerprint density at radius 2 is 2.38 bits per heavy atom. The molecular weight excluding hydrogens is 129 g/mol. The molecule has 0 spiro atoms. The van der Waals surface area contributed by atoms with Gasteiger partial charge in [0.25, 0.3) is 0 Å². The first kappa shape index (κ1) is 7.85. The van der Waals surface area contributed by atoms with Gasteiger partial charge in [-0.2, -0.15) is 0 Å². The molecule has 0 amide bonds. The quantitative estimate of drug-likeness (QED) is 0.368. The normalized spacial score (nSPS) is 14.4. The fraction of sp³-hybridized carbons (Fsp3) is 0.333. The molecule has 1 atom stereocenters. The summed E-state index contributed by atoms with van der Waals surface area (Å²) in [5.74, 6) is 0. The topological polar surface area (TPSA) is 75.7 Å². The molecule has 0 aromatic heterocycles. The fourth-order valence-electron chi connectivity index (χ4n) is 0.148. The summed E-state index contributed by atoms with van der Waals surface area (Å²) in [6.45, 7) is -0.108. The van der Waals surface area contributed by atoms with Crippen molar-refractivity contribution in [1.82, 2.24) is 0 Å². The molecule has 4 N–H and O–H groups in total. The van der Waals surface area contributed by atoms with E-state index in [1.54, 1.807) is 0 Å². The molecule has 0 bridgehead atoms. The van der Waals surface area contributed by atoms with E-state index in [2.05, 4.69) is 4.52 Å². The maximum absolute atomic E-state index is 8.27. The molecule has 48 valence electrons. The van der Waals surface area contributed by atoms with E-state index in [1.807, 2.05) is 0 Å². The Morgan fingerprint density at radius 3 is 2.75 bits per heavy atom. The molecule has 4 nitrogen and oxygen atoms in total. The van der Waals surface area contributed by atoms with Crippen LogP contribution in [0, 0.1) is 0 Å². The Kier molecular flexibility index (Phi) is 4.90. The third-order valence-corrected chi connectivity index (χ3v) is 0.708. The number of aliphatic hydroxyl groups excluding tert-OH is 1. The highest BCUT2D eigenvalue weighted by atomic mass is 31.2. The smallest absolute Gasteiger partial charge is 0.311 e. The first-order valence-electron chi connectivity index (χ1n) is 1.93. The van der Waals surface area contributed by atoms with Crippen molar-refractivity contribution in [2.24, 2.45) is 5.50 Å². The predicted molar refractivity (Wildman–Crippen MR) is 30.6 cm³/mol. The van der Waals surface area contributed by atoms with Gasteiger partial charge in [-0.15, -0.1) is 0 Å². The molecule has 0 aromatic carbocycles. The summed E-state index contributed by atoms with van der Waals surface area (Å²) in [6, 6.07) is 0. The largest absolute Gasteiger partial charge is 0.444 e. The summed E-state index contributed by atoms with van der Waals surface area (Å²) >= 11 is 0. The third kappa shape index (κ3) is 5.85. The average Bonchev–Trinajstić information content (AvgIpc) is 1.66. The molecule has 1 unspecified atom stereocenters. The molecule has 5 heteroatoms. The molecule has 0 radical (unpaired) electrons. The minimum atomic E-state index is -1.81. The van der Waals surface area contributed by atoms with Crippen LogP contribution in [-0.2, 0) is 4.52 Å². The summed E-state index contributed by atoms with van der Waals surface area (Å²) in [7, 11) is -1.81. The summed E-state index contributed by atoms with van der Waals surface area (Å²) in [4.78, 5) is 8.27. The molecule has 0 rings (SSSR count). The van der Waals surface area contributed by atoms with Gasteiger partial charge < -0.3 is 14.5 Å². The van der Waals surface area contributed by atoms with Gasteiger partial charge in [0.05, 0.1) is 12.9 Å². The van der Waals surface area contributed by atoms with Crippen LogP contribution in [0.2, 0.25) is 0 Å². The zero-order valence-corrected chi connectivity index (χ0v) is 5.08. The Hall–Kier alpha value is -0.150. The van der Waals surface area contributed by atoms with Gasteiger partial charge in [0.2, 0.25) is 0 Å². The van der Waals surface area contributed by atoms with Crippen molar-refractivity contribution >= 4 is 8.53 Å². The van der Waals surface area contributed by atoms with Gasteiger partial charge in [0.15, 0.2) is 0 Å². The molecule has 0 fully saturated rings. The van der Waals surface area contributed by atoms with Gasteiger partial charge in [0.1, 0.15) is 0 Å². The number of hydrogen-bond donors (Lipinski definition) is 3. The monoisotopic (exact) mass is 137 g/mol. The van der Waals surface area contributed by atoms with Gasteiger partial charge in [-0.25, -0.2) is 0 Å². The first-order valence-corrected chi connectivity index (χ1v) is 3.22. The zero-order chi connectivity index (χ0) is 6.41. The number of hydrogen-bond acceptors (Lipinski definition) is 4. The molecular formula is C3H8NO3P. The van der Waals surface area contributed by atoms with Crippen LogP contribution in [0.5, 0.6) is 0 Å². The van der Waals surface area contributed by atoms with E-state index in [1.165, 1.54) is 6.08 Å². The van der Waals surface area contributed by atoms with Crippen molar-refractivity contribution in [3.8, 4) is 0 Å². The second kappa shape index (κ2) is 5.00. The first-order chi connectivity index (χ1) is 3.77. The van der Waals surface area contributed by atoms with Crippen molar-refractivity contribution < 1.29 is 14.5 Å². The van der Waals surface area contributed by atoms with Crippen molar-refractivity contribution in [3.05, 3.63) is 12.3 Å². The van der Waals surface area contributed by atoms with E-state index in [4.69, 9.17) is 15.5 Å². The van der Waals surface area contributed by atoms with Crippen LogP contribution in [0.3, 0.4) is 0 Å². The zero-order valence-electron chi connectivity index (χ0n) is 4.19. The molecule has 8 heavy (non-hydrogen) atoms. The molecule has 0 aromatic rings. The highest BCUT2D eigenvalue weighted by molar-refractivity contribution is 7.43. The average molecular weight is 137 g/mol. The van der Waals surface area contributed by atoms with Crippen LogP contribution in [0.25, 0.3) is 0 Å². The number of rotatable bonds is 3. The van der Waals surface area contributed by atoms with Gasteiger partial charge >= 0.3 is 8.53 Å². The lowest BCUT2D eigenvalue weighted by atomic mass is 10.7. The summed E-state index contributed by atoms with van der Waals surface area (Å²) < 4.78 is 4.34. The van der Waals surface area contributed by atoms with Gasteiger partial charge in [-0.3, -0.25) is 5.50 Å². The summed E-state index contributed by atoms with van der Waals surface area (Å²) in [6.07, 6.45) is 2.49. The SMILES string of the molecule is NP(O)O/C=C/CO. The van der Waals surface area contributed by atoms with E-state index < -0.39 is 8.53 Å². The maximum Gasteiger partial charge on any atom is 0.311 e. The van der Waals surface area contributed by atoms with E-state index in [0.29, 0.717) is 0 Å². The van der Waals surface area contributed by atoms with Crippen LogP contribution in [0.4, 0.5) is 0 Å². The predicted octanol–water partition coefficient (Wildman–Crippen LogP) is -0.313. The third-order valence-electron chi connectivity index (χ3n) is 0.370. The lowest BCUT2D eigenvalue weighted by Crippen LogP contribution is -1.85. The Labute approximate surface area is 48.6 Å². The molecule has 0 aliphatic heterocycles. The van der Waals surface area contributed by atoms with Crippen molar-refractivity contribution in [2.45, 2.75) is 0 Å². The van der Waals surface area contributed by atoms with Crippen LogP contribution in [0.1, 0.15) is 0 Å². The molecule has 0 saturated heterocycles. The van der Waals surface area contributed by atoms with E-state index >= 15 is 0 Å². The standard InChI is InChI=1S/C3H8NO3P/c4-8(6)7-3-1-2-5/h1,3,5-6H,2,4H2/b3-1+. The molecule has 0 aliphatic carbocycles. The molecule has 0 saturated carbocycles. The second-order valence-electron chi connectivity index (χ2n) is 0.962. The van der Waals surface area contributed by atoms with Gasteiger partial charge in [-0.1, -0.05) is 0 Å². The Bertz CT molecular complexity index is 74.9. The number of nitrogens with two attached hydrogens (primary N) is 1.